The quantitative estimate of drug-likeness (QED) is 0.336. The summed E-state index contributed by atoms with van der Waals surface area (Å²) in [5.74, 6) is 2.00. The molecule has 0 N–H and O–H groups in total. The molecule has 9 heteroatoms. The largest absolute Gasteiger partial charge is 0.490 e. The molecule has 0 aliphatic heterocycles. The molecule has 1 heterocycles. The molecule has 0 aliphatic rings. The number of thioether (sulfide) groups is 1. The average molecular weight is 451 g/mol. The van der Waals surface area contributed by atoms with Gasteiger partial charge in [0.05, 0.1) is 22.9 Å². The molecular formula is C20H20Cl2N4O2S. The van der Waals surface area contributed by atoms with E-state index in [2.05, 4.69) is 15.3 Å². The summed E-state index contributed by atoms with van der Waals surface area (Å²) in [6, 6.07) is 11.1. The van der Waals surface area contributed by atoms with Crippen LogP contribution in [0.25, 0.3) is 0 Å². The van der Waals surface area contributed by atoms with Crippen molar-refractivity contribution in [2.24, 2.45) is 5.10 Å². The van der Waals surface area contributed by atoms with Gasteiger partial charge in [-0.05, 0) is 61.6 Å². The highest BCUT2D eigenvalue weighted by atomic mass is 35.5. The maximum Gasteiger partial charge on any atom is 0.211 e. The molecule has 152 valence electrons. The second kappa shape index (κ2) is 10.0. The second-order valence-corrected chi connectivity index (χ2v) is 7.55. The van der Waals surface area contributed by atoms with Crippen molar-refractivity contribution in [3.05, 3.63) is 63.4 Å². The Morgan fingerprint density at radius 2 is 1.90 bits per heavy atom. The number of aryl methyl sites for hydroxylation is 1. The van der Waals surface area contributed by atoms with Crippen molar-refractivity contribution in [3.8, 4) is 11.5 Å². The van der Waals surface area contributed by atoms with E-state index in [9.17, 15) is 0 Å². The van der Waals surface area contributed by atoms with Crippen LogP contribution in [0.5, 0.6) is 11.5 Å². The van der Waals surface area contributed by atoms with Crippen molar-refractivity contribution in [3.63, 3.8) is 0 Å². The Kier molecular flexibility index (Phi) is 7.41. The zero-order valence-corrected chi connectivity index (χ0v) is 18.6. The summed E-state index contributed by atoms with van der Waals surface area (Å²) in [5.41, 5.74) is 1.79. The van der Waals surface area contributed by atoms with Crippen LogP contribution in [-0.2, 0) is 6.61 Å². The predicted octanol–water partition coefficient (Wildman–Crippen LogP) is 5.48. The van der Waals surface area contributed by atoms with Gasteiger partial charge < -0.3 is 9.47 Å². The minimum atomic E-state index is 0.349. The predicted molar refractivity (Wildman–Crippen MR) is 118 cm³/mol. The van der Waals surface area contributed by atoms with E-state index in [0.717, 1.165) is 22.1 Å². The Balaban J connectivity index is 1.78. The first kappa shape index (κ1) is 21.5. The normalized spacial score (nSPS) is 11.2. The lowest BCUT2D eigenvalue weighted by molar-refractivity contribution is 0.269. The molecule has 0 spiro atoms. The molecule has 0 amide bonds. The van der Waals surface area contributed by atoms with E-state index in [1.807, 2.05) is 44.4 Å². The molecule has 1 aromatic heterocycles. The second-order valence-electron chi connectivity index (χ2n) is 5.97. The topological polar surface area (TPSA) is 61.5 Å². The number of benzene rings is 2. The van der Waals surface area contributed by atoms with Gasteiger partial charge in [0.15, 0.2) is 17.3 Å². The molecule has 0 fully saturated rings. The van der Waals surface area contributed by atoms with Crippen LogP contribution in [0.2, 0.25) is 10.0 Å². The molecule has 0 unspecified atom stereocenters. The fourth-order valence-corrected chi connectivity index (χ4v) is 3.30. The van der Waals surface area contributed by atoms with Crippen molar-refractivity contribution in [1.29, 1.82) is 0 Å². The molecule has 0 bridgehead atoms. The Labute approximate surface area is 183 Å². The van der Waals surface area contributed by atoms with E-state index in [4.69, 9.17) is 32.7 Å². The molecule has 2 aromatic carbocycles. The fraction of sp³-hybridized carbons (Fsp3) is 0.250. The van der Waals surface area contributed by atoms with Crippen molar-refractivity contribution < 1.29 is 9.47 Å². The Hall–Kier alpha value is -2.22. The standard InChI is InChI=1S/C20H20Cl2N4O2S/c1-4-27-19-10-14(11-23-26-13(2)24-25-20(26)29-3)6-8-18(19)28-12-15-5-7-16(21)17(22)9-15/h5-11H,4,12H2,1-3H3/b23-11-. The lowest BCUT2D eigenvalue weighted by atomic mass is 10.2. The van der Waals surface area contributed by atoms with Gasteiger partial charge in [-0.1, -0.05) is 41.0 Å². The monoisotopic (exact) mass is 450 g/mol. The zero-order valence-electron chi connectivity index (χ0n) is 16.2. The molecule has 6 nitrogen and oxygen atoms in total. The van der Waals surface area contributed by atoms with Crippen molar-refractivity contribution in [2.45, 2.75) is 25.6 Å². The number of hydrogen-bond acceptors (Lipinski definition) is 6. The van der Waals surface area contributed by atoms with E-state index in [0.29, 0.717) is 34.8 Å². The fourth-order valence-electron chi connectivity index (χ4n) is 2.51. The maximum absolute atomic E-state index is 6.07. The third kappa shape index (κ3) is 5.44. The third-order valence-corrected chi connectivity index (χ3v) is 5.28. The molecule has 29 heavy (non-hydrogen) atoms. The number of halogens is 2. The van der Waals surface area contributed by atoms with Crippen LogP contribution in [-0.4, -0.2) is 34.0 Å². The van der Waals surface area contributed by atoms with E-state index < -0.39 is 0 Å². The summed E-state index contributed by atoms with van der Waals surface area (Å²) in [7, 11) is 0. The SMILES string of the molecule is CCOc1cc(/C=N\n2c(C)nnc2SC)ccc1OCc1ccc(Cl)c(Cl)c1. The molecule has 0 radical (unpaired) electrons. The Morgan fingerprint density at radius 1 is 1.07 bits per heavy atom. The van der Waals surface area contributed by atoms with Crippen molar-refractivity contribution in [1.82, 2.24) is 14.9 Å². The lowest BCUT2D eigenvalue weighted by Crippen LogP contribution is -2.01. The van der Waals surface area contributed by atoms with Gasteiger partial charge >= 0.3 is 0 Å². The van der Waals surface area contributed by atoms with Crippen LogP contribution in [0.4, 0.5) is 0 Å². The number of rotatable bonds is 8. The van der Waals surface area contributed by atoms with Crippen LogP contribution < -0.4 is 9.47 Å². The van der Waals surface area contributed by atoms with Crippen molar-refractivity contribution >= 4 is 41.2 Å². The van der Waals surface area contributed by atoms with Gasteiger partial charge in [-0.15, -0.1) is 10.2 Å². The van der Waals surface area contributed by atoms with E-state index in [1.165, 1.54) is 11.8 Å². The van der Waals surface area contributed by atoms with E-state index in [1.54, 1.807) is 23.0 Å². The highest BCUT2D eigenvalue weighted by Crippen LogP contribution is 2.30. The van der Waals surface area contributed by atoms with Crippen LogP contribution in [0.15, 0.2) is 46.7 Å². The maximum atomic E-state index is 6.07. The first-order chi connectivity index (χ1) is 14.0. The number of hydrogen-bond donors (Lipinski definition) is 0. The Morgan fingerprint density at radius 3 is 2.62 bits per heavy atom. The number of ether oxygens (including phenoxy) is 2. The summed E-state index contributed by atoms with van der Waals surface area (Å²) < 4.78 is 13.4. The van der Waals surface area contributed by atoms with Gasteiger partial charge in [0.1, 0.15) is 6.61 Å². The first-order valence-electron chi connectivity index (χ1n) is 8.85. The molecule has 3 aromatic rings. The number of aromatic nitrogens is 3. The van der Waals surface area contributed by atoms with Gasteiger partial charge in [-0.2, -0.15) is 9.78 Å². The smallest absolute Gasteiger partial charge is 0.211 e. The molecule has 0 aliphatic carbocycles. The lowest BCUT2D eigenvalue weighted by Gasteiger charge is -2.13. The van der Waals surface area contributed by atoms with E-state index >= 15 is 0 Å². The number of nitrogens with zero attached hydrogens (tertiary/aromatic N) is 4. The van der Waals surface area contributed by atoms with Gasteiger partial charge in [-0.25, -0.2) is 0 Å². The summed E-state index contributed by atoms with van der Waals surface area (Å²) in [6.45, 7) is 4.65. The molecule has 3 rings (SSSR count). The van der Waals surface area contributed by atoms with Gasteiger partial charge in [0, 0.05) is 0 Å². The van der Waals surface area contributed by atoms with Crippen LogP contribution in [0.1, 0.15) is 23.9 Å². The molecule has 0 atom stereocenters. The molecular weight excluding hydrogens is 431 g/mol. The zero-order chi connectivity index (χ0) is 20.8. The summed E-state index contributed by atoms with van der Waals surface area (Å²) in [5, 5.41) is 14.3. The highest BCUT2D eigenvalue weighted by molar-refractivity contribution is 7.98. The average Bonchev–Trinajstić information content (AvgIpc) is 3.08. The molecule has 0 saturated heterocycles. The summed E-state index contributed by atoms with van der Waals surface area (Å²) in [4.78, 5) is 0. The minimum Gasteiger partial charge on any atom is -0.490 e. The highest BCUT2D eigenvalue weighted by Gasteiger charge is 2.09. The van der Waals surface area contributed by atoms with Crippen molar-refractivity contribution in [2.75, 3.05) is 12.9 Å². The van der Waals surface area contributed by atoms with Gasteiger partial charge in [-0.3, -0.25) is 0 Å². The summed E-state index contributed by atoms with van der Waals surface area (Å²) >= 11 is 13.5. The van der Waals surface area contributed by atoms with Crippen LogP contribution >= 0.6 is 35.0 Å². The van der Waals surface area contributed by atoms with Gasteiger partial charge in [0.25, 0.3) is 0 Å². The van der Waals surface area contributed by atoms with Crippen LogP contribution in [0.3, 0.4) is 0 Å². The van der Waals surface area contributed by atoms with Crippen LogP contribution in [0, 0.1) is 6.92 Å². The summed E-state index contributed by atoms with van der Waals surface area (Å²) in [6.07, 6.45) is 3.67. The molecule has 0 saturated carbocycles. The van der Waals surface area contributed by atoms with Gasteiger partial charge in [0.2, 0.25) is 5.16 Å². The third-order valence-electron chi connectivity index (χ3n) is 3.92. The van der Waals surface area contributed by atoms with E-state index in [-0.39, 0.29) is 0 Å². The minimum absolute atomic E-state index is 0.349. The Bertz CT molecular complexity index is 1020. The first-order valence-corrected chi connectivity index (χ1v) is 10.8.